The highest BCUT2D eigenvalue weighted by molar-refractivity contribution is 9.11. The van der Waals surface area contributed by atoms with E-state index in [0.717, 1.165) is 15.1 Å². The maximum absolute atomic E-state index is 12.2. The summed E-state index contributed by atoms with van der Waals surface area (Å²) >= 11 is 4.35. The molecule has 0 aliphatic rings. The van der Waals surface area contributed by atoms with Crippen molar-refractivity contribution in [2.45, 2.75) is 10.8 Å². The molecule has 0 unspecified atom stereocenters. The van der Waals surface area contributed by atoms with E-state index in [1.165, 1.54) is 13.2 Å². The Morgan fingerprint density at radius 1 is 1.19 bits per heavy atom. The van der Waals surface area contributed by atoms with Crippen molar-refractivity contribution in [2.24, 2.45) is 0 Å². The highest BCUT2D eigenvalue weighted by atomic mass is 79.9. The molecule has 2 heterocycles. The number of sulfonamides is 1. The molecule has 0 saturated carbocycles. The summed E-state index contributed by atoms with van der Waals surface area (Å²) in [5.74, 6) is 1.57. The Morgan fingerprint density at radius 2 is 1.96 bits per heavy atom. The summed E-state index contributed by atoms with van der Waals surface area (Å²) in [6.07, 6.45) is 0. The lowest BCUT2D eigenvalue weighted by molar-refractivity contribution is 0.355. The average Bonchev–Trinajstić information content (AvgIpc) is 3.29. The van der Waals surface area contributed by atoms with Gasteiger partial charge in [-0.1, -0.05) is 5.16 Å². The first-order valence-corrected chi connectivity index (χ1v) is 10.3. The molecule has 2 aromatic heterocycles. The standard InChI is InChI=1S/C15H14BrN3O5S2/c1-22-10-4-3-9(7-11(10)23-2)15-18-13(24-19-15)8-17-26(20,21)14-6-5-12(16)25-14/h3-7,17H,8H2,1-2H3. The monoisotopic (exact) mass is 459 g/mol. The lowest BCUT2D eigenvalue weighted by Gasteiger charge is -2.07. The minimum atomic E-state index is -3.64. The van der Waals surface area contributed by atoms with Crippen molar-refractivity contribution in [3.63, 3.8) is 0 Å². The van der Waals surface area contributed by atoms with Crippen LogP contribution in [0.5, 0.6) is 11.5 Å². The number of rotatable bonds is 7. The largest absolute Gasteiger partial charge is 0.493 e. The summed E-state index contributed by atoms with van der Waals surface area (Å²) in [4.78, 5) is 4.21. The molecule has 0 fully saturated rings. The molecule has 0 atom stereocenters. The second-order valence-corrected chi connectivity index (χ2v) is 9.42. The van der Waals surface area contributed by atoms with Crippen LogP contribution in [0.15, 0.2) is 42.9 Å². The number of thiophene rings is 1. The number of nitrogens with zero attached hydrogens (tertiary/aromatic N) is 2. The van der Waals surface area contributed by atoms with E-state index in [1.54, 1.807) is 31.4 Å². The van der Waals surface area contributed by atoms with Gasteiger partial charge in [0, 0.05) is 5.56 Å². The molecule has 1 aromatic carbocycles. The van der Waals surface area contributed by atoms with Crippen molar-refractivity contribution in [1.82, 2.24) is 14.9 Å². The average molecular weight is 460 g/mol. The molecule has 0 bridgehead atoms. The van der Waals surface area contributed by atoms with E-state index in [9.17, 15) is 8.42 Å². The van der Waals surface area contributed by atoms with Crippen molar-refractivity contribution in [2.75, 3.05) is 14.2 Å². The van der Waals surface area contributed by atoms with E-state index in [2.05, 4.69) is 30.8 Å². The predicted octanol–water partition coefficient (Wildman–Crippen LogP) is 3.06. The van der Waals surface area contributed by atoms with Crippen molar-refractivity contribution < 1.29 is 22.4 Å². The molecule has 3 rings (SSSR count). The Labute approximate surface area is 162 Å². The highest BCUT2D eigenvalue weighted by Crippen LogP contribution is 2.31. The summed E-state index contributed by atoms with van der Waals surface area (Å²) in [5, 5.41) is 3.87. The molecule has 1 N–H and O–H groups in total. The number of methoxy groups -OCH3 is 2. The van der Waals surface area contributed by atoms with Gasteiger partial charge in [0.25, 0.3) is 10.0 Å². The van der Waals surface area contributed by atoms with Crippen LogP contribution in [0.1, 0.15) is 5.89 Å². The van der Waals surface area contributed by atoms with Crippen LogP contribution in [0.4, 0.5) is 0 Å². The van der Waals surface area contributed by atoms with Crippen LogP contribution >= 0.6 is 27.3 Å². The zero-order chi connectivity index (χ0) is 18.7. The molecular formula is C15H14BrN3O5S2. The minimum absolute atomic E-state index is 0.113. The second-order valence-electron chi connectivity index (χ2n) is 4.96. The van der Waals surface area contributed by atoms with Gasteiger partial charge in [-0.2, -0.15) is 4.98 Å². The summed E-state index contributed by atoms with van der Waals surface area (Å²) in [6.45, 7) is -0.113. The van der Waals surface area contributed by atoms with E-state index in [1.807, 2.05) is 0 Å². The summed E-state index contributed by atoms with van der Waals surface area (Å²) < 4.78 is 43.3. The van der Waals surface area contributed by atoms with Crippen LogP contribution < -0.4 is 14.2 Å². The molecule has 26 heavy (non-hydrogen) atoms. The van der Waals surface area contributed by atoms with Gasteiger partial charge in [-0.25, -0.2) is 13.1 Å². The fourth-order valence-corrected chi connectivity index (χ4v) is 5.12. The van der Waals surface area contributed by atoms with Gasteiger partial charge >= 0.3 is 0 Å². The van der Waals surface area contributed by atoms with Gasteiger partial charge in [0.2, 0.25) is 11.7 Å². The van der Waals surface area contributed by atoms with Crippen molar-refractivity contribution in [3.8, 4) is 22.9 Å². The number of nitrogens with one attached hydrogen (secondary N) is 1. The fraction of sp³-hybridized carbons (Fsp3) is 0.200. The summed E-state index contributed by atoms with van der Waals surface area (Å²) in [6, 6.07) is 8.37. The molecule has 138 valence electrons. The molecule has 0 saturated heterocycles. The SMILES string of the molecule is COc1ccc(-c2noc(CNS(=O)(=O)c3ccc(Br)s3)n2)cc1OC. The topological polar surface area (TPSA) is 104 Å². The zero-order valence-corrected chi connectivity index (χ0v) is 16.9. The lowest BCUT2D eigenvalue weighted by Crippen LogP contribution is -2.22. The van der Waals surface area contributed by atoms with Gasteiger partial charge in [-0.15, -0.1) is 11.3 Å². The zero-order valence-electron chi connectivity index (χ0n) is 13.7. The molecular weight excluding hydrogens is 446 g/mol. The smallest absolute Gasteiger partial charge is 0.250 e. The third kappa shape index (κ3) is 4.06. The quantitative estimate of drug-likeness (QED) is 0.578. The Kier molecular flexibility index (Phi) is 5.61. The maximum atomic E-state index is 12.2. The van der Waals surface area contributed by atoms with Crippen molar-refractivity contribution in [3.05, 3.63) is 40.0 Å². The highest BCUT2D eigenvalue weighted by Gasteiger charge is 2.18. The first-order chi connectivity index (χ1) is 12.4. The summed E-state index contributed by atoms with van der Waals surface area (Å²) in [5.41, 5.74) is 0.655. The molecule has 0 aliphatic carbocycles. The molecule has 8 nitrogen and oxygen atoms in total. The van der Waals surface area contributed by atoms with Crippen molar-refractivity contribution >= 4 is 37.3 Å². The van der Waals surface area contributed by atoms with E-state index in [-0.39, 0.29) is 16.6 Å². The molecule has 0 spiro atoms. The predicted molar refractivity (Wildman–Crippen MR) is 98.9 cm³/mol. The Balaban J connectivity index is 1.74. The van der Waals surface area contributed by atoms with Gasteiger partial charge in [-0.3, -0.25) is 0 Å². The number of hydrogen-bond donors (Lipinski definition) is 1. The van der Waals surface area contributed by atoms with E-state index < -0.39 is 10.0 Å². The van der Waals surface area contributed by atoms with Gasteiger partial charge in [0.1, 0.15) is 4.21 Å². The number of benzene rings is 1. The fourth-order valence-electron chi connectivity index (χ4n) is 2.09. The Hall–Kier alpha value is -1.95. The van der Waals surface area contributed by atoms with Crippen LogP contribution in [0, 0.1) is 0 Å². The number of halogens is 1. The Bertz CT molecular complexity index is 1020. The van der Waals surface area contributed by atoms with Crippen LogP contribution in [-0.4, -0.2) is 32.8 Å². The second kappa shape index (κ2) is 7.74. The molecule has 0 amide bonds. The first-order valence-electron chi connectivity index (χ1n) is 7.23. The van der Waals surface area contributed by atoms with Crippen LogP contribution in [0.3, 0.4) is 0 Å². The third-order valence-electron chi connectivity index (χ3n) is 3.34. The normalized spacial score (nSPS) is 11.5. The van der Waals surface area contributed by atoms with Crippen LogP contribution in [0.25, 0.3) is 11.4 Å². The van der Waals surface area contributed by atoms with Gasteiger partial charge in [0.05, 0.1) is 24.6 Å². The molecule has 11 heteroatoms. The van der Waals surface area contributed by atoms with Gasteiger partial charge < -0.3 is 14.0 Å². The van der Waals surface area contributed by atoms with E-state index in [4.69, 9.17) is 14.0 Å². The maximum Gasteiger partial charge on any atom is 0.250 e. The van der Waals surface area contributed by atoms with Crippen LogP contribution in [-0.2, 0) is 16.6 Å². The minimum Gasteiger partial charge on any atom is -0.493 e. The molecule has 0 radical (unpaired) electrons. The van der Waals surface area contributed by atoms with E-state index in [0.29, 0.717) is 22.9 Å². The third-order valence-corrected chi connectivity index (χ3v) is 6.85. The lowest BCUT2D eigenvalue weighted by atomic mass is 10.2. The molecule has 0 aliphatic heterocycles. The van der Waals surface area contributed by atoms with Crippen LogP contribution in [0.2, 0.25) is 0 Å². The molecule has 3 aromatic rings. The van der Waals surface area contributed by atoms with E-state index >= 15 is 0 Å². The van der Waals surface area contributed by atoms with Gasteiger partial charge in [0.15, 0.2) is 11.5 Å². The number of hydrogen-bond acceptors (Lipinski definition) is 8. The number of ether oxygens (including phenoxy) is 2. The first kappa shape index (κ1) is 18.8. The van der Waals surface area contributed by atoms with Crippen molar-refractivity contribution in [1.29, 1.82) is 0 Å². The van der Waals surface area contributed by atoms with Gasteiger partial charge in [-0.05, 0) is 46.3 Å². The Morgan fingerprint density at radius 3 is 2.62 bits per heavy atom. The number of aromatic nitrogens is 2. The summed E-state index contributed by atoms with van der Waals surface area (Å²) in [7, 11) is -0.566.